The predicted octanol–water partition coefficient (Wildman–Crippen LogP) is 4.22. The Labute approximate surface area is 134 Å². The van der Waals surface area contributed by atoms with Gasteiger partial charge in [-0.1, -0.05) is 32.1 Å². The lowest BCUT2D eigenvalue weighted by Crippen LogP contribution is -2.49. The maximum absolute atomic E-state index is 11.9. The Kier molecular flexibility index (Phi) is 3.12. The fraction of sp³-hybridized carbons (Fsp3) is 0.750. The molecule has 4 rings (SSSR count). The molecular formula is C20H29NO. The van der Waals surface area contributed by atoms with Crippen LogP contribution >= 0.6 is 0 Å². The number of nitrogens with two attached hydrogens (primary N) is 1. The molecule has 1 amide bonds. The van der Waals surface area contributed by atoms with Crippen molar-refractivity contribution in [3.05, 3.63) is 23.8 Å². The number of hydrogen-bond donors (Lipinski definition) is 1. The summed E-state index contributed by atoms with van der Waals surface area (Å²) in [6.07, 6.45) is 16.0. The van der Waals surface area contributed by atoms with Crippen molar-refractivity contribution in [3.63, 3.8) is 0 Å². The van der Waals surface area contributed by atoms with Gasteiger partial charge in [0, 0.05) is 5.92 Å². The van der Waals surface area contributed by atoms with E-state index >= 15 is 0 Å². The molecule has 2 N–H and O–H groups in total. The van der Waals surface area contributed by atoms with E-state index in [9.17, 15) is 4.79 Å². The Balaban J connectivity index is 1.72. The third-order valence-corrected chi connectivity index (χ3v) is 7.92. The van der Waals surface area contributed by atoms with E-state index < -0.39 is 0 Å². The van der Waals surface area contributed by atoms with Gasteiger partial charge in [0.1, 0.15) is 0 Å². The normalized spacial score (nSPS) is 49.8. The van der Waals surface area contributed by atoms with Crippen LogP contribution in [-0.2, 0) is 4.79 Å². The van der Waals surface area contributed by atoms with Gasteiger partial charge in [0.2, 0.25) is 5.91 Å². The van der Waals surface area contributed by atoms with E-state index in [1.54, 1.807) is 5.57 Å². The number of amides is 1. The number of primary amides is 1. The largest absolute Gasteiger partial charge is 0.369 e. The zero-order valence-electron chi connectivity index (χ0n) is 14.0. The number of carbonyl (C=O) groups excluding carboxylic acids is 1. The molecule has 2 heteroatoms. The van der Waals surface area contributed by atoms with E-state index in [1.165, 1.54) is 38.5 Å². The molecule has 4 aliphatic carbocycles. The molecule has 2 saturated carbocycles. The van der Waals surface area contributed by atoms with Gasteiger partial charge in [-0.15, -0.1) is 0 Å². The lowest BCUT2D eigenvalue weighted by Gasteiger charge is -2.56. The van der Waals surface area contributed by atoms with Gasteiger partial charge in [0.25, 0.3) is 0 Å². The molecule has 0 saturated heterocycles. The van der Waals surface area contributed by atoms with Gasteiger partial charge in [-0.3, -0.25) is 4.79 Å². The SMILES string of the molecule is C[C@]12CCCC=C1C=C[C@@H]1[C@@H]2CC[C@]2(C)C(C(N)=O)CC[C@@H]12. The smallest absolute Gasteiger partial charge is 0.221 e. The first-order valence-corrected chi connectivity index (χ1v) is 9.15. The third-order valence-electron chi connectivity index (χ3n) is 7.92. The topological polar surface area (TPSA) is 43.1 Å². The second-order valence-electron chi connectivity index (χ2n) is 8.70. The van der Waals surface area contributed by atoms with Crippen LogP contribution in [0.25, 0.3) is 0 Å². The monoisotopic (exact) mass is 299 g/mol. The van der Waals surface area contributed by atoms with Crippen LogP contribution in [0.3, 0.4) is 0 Å². The minimum atomic E-state index is -0.0623. The van der Waals surface area contributed by atoms with E-state index in [4.69, 9.17) is 5.73 Å². The first-order valence-electron chi connectivity index (χ1n) is 9.15. The summed E-state index contributed by atoms with van der Waals surface area (Å²) in [5.41, 5.74) is 7.84. The Morgan fingerprint density at radius 1 is 1.18 bits per heavy atom. The molecule has 0 bridgehead atoms. The summed E-state index contributed by atoms with van der Waals surface area (Å²) in [4.78, 5) is 11.9. The minimum Gasteiger partial charge on any atom is -0.369 e. The molecule has 0 aromatic heterocycles. The maximum atomic E-state index is 11.9. The van der Waals surface area contributed by atoms with Gasteiger partial charge < -0.3 is 5.73 Å². The molecule has 22 heavy (non-hydrogen) atoms. The highest BCUT2D eigenvalue weighted by atomic mass is 16.1. The zero-order chi connectivity index (χ0) is 15.5. The highest BCUT2D eigenvalue weighted by Crippen LogP contribution is 2.65. The molecule has 0 aliphatic heterocycles. The summed E-state index contributed by atoms with van der Waals surface area (Å²) in [5, 5.41) is 0. The molecule has 1 unspecified atom stereocenters. The van der Waals surface area contributed by atoms with Crippen molar-refractivity contribution in [1.82, 2.24) is 0 Å². The highest BCUT2D eigenvalue weighted by molar-refractivity contribution is 5.78. The second-order valence-corrected chi connectivity index (χ2v) is 8.70. The van der Waals surface area contributed by atoms with Crippen molar-refractivity contribution >= 4 is 5.91 Å². The Hall–Kier alpha value is -1.05. The number of rotatable bonds is 1. The molecule has 0 radical (unpaired) electrons. The Morgan fingerprint density at radius 3 is 2.77 bits per heavy atom. The molecule has 4 aliphatic rings. The van der Waals surface area contributed by atoms with Gasteiger partial charge in [-0.25, -0.2) is 0 Å². The first-order chi connectivity index (χ1) is 10.5. The van der Waals surface area contributed by atoms with Crippen LogP contribution in [-0.4, -0.2) is 5.91 Å². The molecule has 0 aromatic carbocycles. The Bertz CT molecular complexity index is 562. The van der Waals surface area contributed by atoms with Crippen molar-refractivity contribution in [3.8, 4) is 0 Å². The van der Waals surface area contributed by atoms with Gasteiger partial charge in [0.05, 0.1) is 0 Å². The summed E-state index contributed by atoms with van der Waals surface area (Å²) < 4.78 is 0. The minimum absolute atomic E-state index is 0.0623. The summed E-state index contributed by atoms with van der Waals surface area (Å²) >= 11 is 0. The van der Waals surface area contributed by atoms with Crippen molar-refractivity contribution in [2.24, 2.45) is 40.2 Å². The van der Waals surface area contributed by atoms with E-state index in [2.05, 4.69) is 32.1 Å². The highest BCUT2D eigenvalue weighted by Gasteiger charge is 2.58. The average molecular weight is 299 g/mol. The van der Waals surface area contributed by atoms with Crippen LogP contribution in [0.2, 0.25) is 0 Å². The molecule has 120 valence electrons. The zero-order valence-corrected chi connectivity index (χ0v) is 14.0. The summed E-state index contributed by atoms with van der Waals surface area (Å²) in [6, 6.07) is 0. The van der Waals surface area contributed by atoms with Crippen LogP contribution in [0.1, 0.15) is 58.8 Å². The van der Waals surface area contributed by atoms with Gasteiger partial charge >= 0.3 is 0 Å². The van der Waals surface area contributed by atoms with Gasteiger partial charge in [0.15, 0.2) is 0 Å². The summed E-state index contributed by atoms with van der Waals surface area (Å²) in [7, 11) is 0. The lowest BCUT2D eigenvalue weighted by molar-refractivity contribution is -0.127. The molecule has 2 nitrogen and oxygen atoms in total. The summed E-state index contributed by atoms with van der Waals surface area (Å²) in [6.45, 7) is 4.85. The van der Waals surface area contributed by atoms with Crippen LogP contribution in [0.5, 0.6) is 0 Å². The number of fused-ring (bicyclic) bond motifs is 5. The quantitative estimate of drug-likeness (QED) is 0.774. The van der Waals surface area contributed by atoms with Crippen LogP contribution in [0, 0.1) is 34.5 Å². The number of allylic oxidation sites excluding steroid dienone is 4. The van der Waals surface area contributed by atoms with Crippen molar-refractivity contribution in [1.29, 1.82) is 0 Å². The van der Waals surface area contributed by atoms with E-state index in [0.29, 0.717) is 17.3 Å². The maximum Gasteiger partial charge on any atom is 0.221 e. The van der Waals surface area contributed by atoms with E-state index in [1.807, 2.05) is 0 Å². The van der Waals surface area contributed by atoms with Crippen LogP contribution in [0.15, 0.2) is 23.8 Å². The van der Waals surface area contributed by atoms with E-state index in [-0.39, 0.29) is 17.2 Å². The molecule has 0 aromatic rings. The molecule has 6 atom stereocenters. The fourth-order valence-electron chi connectivity index (χ4n) is 6.65. The molecule has 0 heterocycles. The first kappa shape index (κ1) is 14.5. The van der Waals surface area contributed by atoms with Gasteiger partial charge in [-0.2, -0.15) is 0 Å². The number of carbonyl (C=O) groups is 1. The third kappa shape index (κ3) is 1.76. The molecule has 2 fully saturated rings. The second kappa shape index (κ2) is 4.72. The Morgan fingerprint density at radius 2 is 2.00 bits per heavy atom. The standard InChI is InChI=1S/C20H29NO/c1-19-11-4-3-5-13(19)6-7-14-15-8-9-17(18(21)22)20(15,2)12-10-16(14)19/h5-7,14-17H,3-4,8-12H2,1-2H3,(H2,21,22)/t14-,15-,16-,17?,19-,20-/m0/s1. The predicted molar refractivity (Wildman–Crippen MR) is 88.9 cm³/mol. The fourth-order valence-corrected chi connectivity index (χ4v) is 6.65. The van der Waals surface area contributed by atoms with Crippen molar-refractivity contribution in [2.45, 2.75) is 58.8 Å². The van der Waals surface area contributed by atoms with Crippen molar-refractivity contribution in [2.75, 3.05) is 0 Å². The molecular weight excluding hydrogens is 270 g/mol. The van der Waals surface area contributed by atoms with Crippen LogP contribution in [0.4, 0.5) is 0 Å². The average Bonchev–Trinajstić information content (AvgIpc) is 2.84. The van der Waals surface area contributed by atoms with Crippen LogP contribution < -0.4 is 5.73 Å². The van der Waals surface area contributed by atoms with Gasteiger partial charge in [-0.05, 0) is 79.1 Å². The van der Waals surface area contributed by atoms with E-state index in [0.717, 1.165) is 12.3 Å². The lowest BCUT2D eigenvalue weighted by atomic mass is 9.48. The van der Waals surface area contributed by atoms with Crippen molar-refractivity contribution < 1.29 is 4.79 Å². The summed E-state index contributed by atoms with van der Waals surface area (Å²) in [5.74, 6) is 2.12. The number of hydrogen-bond acceptors (Lipinski definition) is 1. The molecule has 0 spiro atoms.